The molecule has 3 aromatic heterocycles. The maximum Gasteiger partial charge on any atom is 0.434 e. The number of methoxy groups -OCH3 is 1. The molecule has 0 unspecified atom stereocenters. The van der Waals surface area contributed by atoms with Gasteiger partial charge in [-0.25, -0.2) is 29.3 Å². The molecule has 1 saturated carbocycles. The predicted octanol–water partition coefficient (Wildman–Crippen LogP) is 6.06. The van der Waals surface area contributed by atoms with Crippen LogP contribution in [0.15, 0.2) is 43.0 Å². The molecule has 0 aliphatic heterocycles. The van der Waals surface area contributed by atoms with E-state index in [0.29, 0.717) is 17.0 Å². The van der Waals surface area contributed by atoms with Gasteiger partial charge < -0.3 is 14.2 Å². The first-order valence-electron chi connectivity index (χ1n) is 12.4. The molecule has 3 heterocycles. The lowest BCUT2D eigenvalue weighted by atomic mass is 10.1. The zero-order valence-corrected chi connectivity index (χ0v) is 21.9. The Labute approximate surface area is 222 Å². The number of nitrogens with zero attached hydrogens (tertiary/aromatic N) is 7. The molecule has 0 bridgehead atoms. The number of benzene rings is 1. The Kier molecular flexibility index (Phi) is 6.96. The number of hydrogen-bond acceptors (Lipinski definition) is 7. The first-order chi connectivity index (χ1) is 18.6. The molecule has 0 spiro atoms. The Balaban J connectivity index is 1.41. The van der Waals surface area contributed by atoms with Gasteiger partial charge >= 0.3 is 6.18 Å². The number of alkyl halides is 3. The maximum absolute atomic E-state index is 14.9. The molecule has 204 valence electrons. The zero-order chi connectivity index (χ0) is 27.9. The molecular formula is C27H27F4N7O. The number of hydrogen-bond donors (Lipinski definition) is 0. The average molecular weight is 542 g/mol. The first kappa shape index (κ1) is 26.5. The number of rotatable bonds is 8. The van der Waals surface area contributed by atoms with Crippen LogP contribution in [0.2, 0.25) is 0 Å². The Hall–Kier alpha value is -4.09. The Morgan fingerprint density at radius 1 is 1.08 bits per heavy atom. The van der Waals surface area contributed by atoms with Gasteiger partial charge in [0.2, 0.25) is 5.88 Å². The van der Waals surface area contributed by atoms with Crippen LogP contribution in [0.4, 0.5) is 23.4 Å². The minimum absolute atomic E-state index is 0.0851. The van der Waals surface area contributed by atoms with E-state index in [9.17, 15) is 17.6 Å². The van der Waals surface area contributed by atoms with E-state index in [0.717, 1.165) is 36.5 Å². The fourth-order valence-corrected chi connectivity index (χ4v) is 4.41. The summed E-state index contributed by atoms with van der Waals surface area (Å²) in [6.07, 6.45) is 1.03. The van der Waals surface area contributed by atoms with Gasteiger partial charge in [-0.05, 0) is 32.3 Å². The second-order valence-corrected chi connectivity index (χ2v) is 9.78. The molecule has 12 heteroatoms. The monoisotopic (exact) mass is 541 g/mol. The zero-order valence-electron chi connectivity index (χ0n) is 21.9. The Morgan fingerprint density at radius 2 is 1.79 bits per heavy atom. The molecule has 1 aromatic carbocycles. The predicted molar refractivity (Wildman–Crippen MR) is 137 cm³/mol. The summed E-state index contributed by atoms with van der Waals surface area (Å²) in [4.78, 5) is 22.8. The fraction of sp³-hybridized carbons (Fsp3) is 0.370. The van der Waals surface area contributed by atoms with Gasteiger partial charge in [0.05, 0.1) is 19.0 Å². The lowest BCUT2D eigenvalue weighted by molar-refractivity contribution is -0.140. The standard InChI is InChI=1S/C27H27F4N7O/c1-15(2)38-13-20(27(29,30)31)35-24(38)18-7-5-16(6-8-18)12-37(3)25-19(28)11-32-23(36-25)21-22(17-9-10-17)33-14-34-26(21)39-4/h5-8,11,13-15,17H,9-10,12H2,1-4H3. The molecule has 0 atom stereocenters. The molecule has 0 saturated heterocycles. The third-order valence-electron chi connectivity index (χ3n) is 6.52. The number of anilines is 1. The molecule has 4 aromatic rings. The summed E-state index contributed by atoms with van der Waals surface area (Å²) in [5.74, 6) is 0.588. The van der Waals surface area contributed by atoms with Crippen LogP contribution in [0.1, 0.15) is 55.6 Å². The van der Waals surface area contributed by atoms with Crippen LogP contribution >= 0.6 is 0 Å². The second kappa shape index (κ2) is 10.2. The van der Waals surface area contributed by atoms with Crippen LogP contribution in [-0.2, 0) is 12.7 Å². The number of imidazole rings is 1. The average Bonchev–Trinajstić information content (AvgIpc) is 3.65. The van der Waals surface area contributed by atoms with E-state index in [2.05, 4.69) is 24.9 Å². The van der Waals surface area contributed by atoms with Gasteiger partial charge in [-0.3, -0.25) is 0 Å². The van der Waals surface area contributed by atoms with Crippen molar-refractivity contribution in [2.24, 2.45) is 0 Å². The van der Waals surface area contributed by atoms with Crippen molar-refractivity contribution in [1.29, 1.82) is 0 Å². The van der Waals surface area contributed by atoms with Crippen LogP contribution in [0.5, 0.6) is 5.88 Å². The highest BCUT2D eigenvalue weighted by Gasteiger charge is 2.35. The Bertz CT molecular complexity index is 1480. The summed E-state index contributed by atoms with van der Waals surface area (Å²) in [6.45, 7) is 3.88. The molecule has 1 fully saturated rings. The van der Waals surface area contributed by atoms with Gasteiger partial charge in [0, 0.05) is 37.3 Å². The van der Waals surface area contributed by atoms with Crippen LogP contribution in [-0.4, -0.2) is 43.6 Å². The van der Waals surface area contributed by atoms with E-state index in [1.807, 2.05) is 0 Å². The summed E-state index contributed by atoms with van der Waals surface area (Å²) in [5, 5.41) is 0. The van der Waals surface area contributed by atoms with Crippen molar-refractivity contribution in [2.45, 2.75) is 51.4 Å². The van der Waals surface area contributed by atoms with Crippen molar-refractivity contribution >= 4 is 5.82 Å². The van der Waals surface area contributed by atoms with Gasteiger partial charge in [-0.1, -0.05) is 24.3 Å². The summed E-state index contributed by atoms with van der Waals surface area (Å²) >= 11 is 0. The molecule has 0 N–H and O–H groups in total. The molecule has 8 nitrogen and oxygen atoms in total. The number of aromatic nitrogens is 6. The van der Waals surface area contributed by atoms with Crippen molar-refractivity contribution in [2.75, 3.05) is 19.1 Å². The lowest BCUT2D eigenvalue weighted by Crippen LogP contribution is -2.20. The van der Waals surface area contributed by atoms with Crippen LogP contribution in [0.3, 0.4) is 0 Å². The first-order valence-corrected chi connectivity index (χ1v) is 12.4. The molecule has 5 rings (SSSR count). The molecule has 0 amide bonds. The van der Waals surface area contributed by atoms with Crippen molar-refractivity contribution < 1.29 is 22.3 Å². The van der Waals surface area contributed by atoms with E-state index in [-0.39, 0.29) is 36.0 Å². The van der Waals surface area contributed by atoms with Gasteiger partial charge in [0.1, 0.15) is 17.7 Å². The molecule has 39 heavy (non-hydrogen) atoms. The fourth-order valence-electron chi connectivity index (χ4n) is 4.41. The van der Waals surface area contributed by atoms with Gasteiger partial charge in [0.15, 0.2) is 23.2 Å². The van der Waals surface area contributed by atoms with Crippen LogP contribution in [0, 0.1) is 5.82 Å². The highest BCUT2D eigenvalue weighted by Crippen LogP contribution is 2.45. The lowest BCUT2D eigenvalue weighted by Gasteiger charge is -2.20. The summed E-state index contributed by atoms with van der Waals surface area (Å²) in [6, 6.07) is 6.76. The molecule has 1 aliphatic rings. The topological polar surface area (TPSA) is 81.9 Å². The summed E-state index contributed by atoms with van der Waals surface area (Å²) in [7, 11) is 3.20. The van der Waals surface area contributed by atoms with Gasteiger partial charge in [0.25, 0.3) is 0 Å². The number of ether oxygens (including phenoxy) is 1. The minimum Gasteiger partial charge on any atom is -0.480 e. The minimum atomic E-state index is -4.53. The maximum atomic E-state index is 14.9. The molecule has 1 aliphatic carbocycles. The van der Waals surface area contributed by atoms with Crippen LogP contribution in [0.25, 0.3) is 22.8 Å². The largest absolute Gasteiger partial charge is 0.480 e. The highest BCUT2D eigenvalue weighted by molar-refractivity contribution is 5.67. The quantitative estimate of drug-likeness (QED) is 0.251. The summed E-state index contributed by atoms with van der Waals surface area (Å²) in [5.41, 5.74) is 1.76. The van der Waals surface area contributed by atoms with Crippen molar-refractivity contribution in [3.63, 3.8) is 0 Å². The second-order valence-electron chi connectivity index (χ2n) is 9.78. The van der Waals surface area contributed by atoms with E-state index < -0.39 is 17.7 Å². The van der Waals surface area contributed by atoms with Gasteiger partial charge in [-0.2, -0.15) is 13.2 Å². The summed E-state index contributed by atoms with van der Waals surface area (Å²) < 4.78 is 61.6. The highest BCUT2D eigenvalue weighted by atomic mass is 19.4. The molecular weight excluding hydrogens is 514 g/mol. The van der Waals surface area contributed by atoms with Crippen molar-refractivity contribution in [1.82, 2.24) is 29.5 Å². The van der Waals surface area contributed by atoms with Crippen molar-refractivity contribution in [3.8, 4) is 28.7 Å². The normalized spacial score (nSPS) is 13.7. The number of halogens is 4. The SMILES string of the molecule is COc1ncnc(C2CC2)c1-c1ncc(F)c(N(C)Cc2ccc(-c3nc(C(F)(F)F)cn3C(C)C)cc2)n1. The third-order valence-corrected chi connectivity index (χ3v) is 6.52. The van der Waals surface area contributed by atoms with E-state index in [1.54, 1.807) is 50.1 Å². The van der Waals surface area contributed by atoms with Crippen molar-refractivity contribution in [3.05, 3.63) is 65.8 Å². The van der Waals surface area contributed by atoms with Crippen LogP contribution < -0.4 is 9.64 Å². The smallest absolute Gasteiger partial charge is 0.434 e. The molecule has 0 radical (unpaired) electrons. The third kappa shape index (κ3) is 5.41. The van der Waals surface area contributed by atoms with E-state index >= 15 is 0 Å². The Morgan fingerprint density at radius 3 is 2.41 bits per heavy atom. The van der Waals surface area contributed by atoms with E-state index in [1.165, 1.54) is 18.0 Å². The van der Waals surface area contributed by atoms with Gasteiger partial charge in [-0.15, -0.1) is 0 Å². The van der Waals surface area contributed by atoms with E-state index in [4.69, 9.17) is 4.74 Å².